The Kier molecular flexibility index (Phi) is 3.44. The van der Waals surface area contributed by atoms with Crippen molar-refractivity contribution in [2.75, 3.05) is 0 Å². The first kappa shape index (κ1) is 13.4. The summed E-state index contributed by atoms with van der Waals surface area (Å²) in [5, 5.41) is 10.00. The van der Waals surface area contributed by atoms with E-state index in [1.54, 1.807) is 0 Å². The minimum atomic E-state index is -1.02. The van der Waals surface area contributed by atoms with E-state index in [9.17, 15) is 9.90 Å². The van der Waals surface area contributed by atoms with Gasteiger partial charge < -0.3 is 5.11 Å². The number of carboxylic acids is 1. The largest absolute Gasteiger partial charge is 0.480 e. The van der Waals surface area contributed by atoms with E-state index in [2.05, 4.69) is 0 Å². The zero-order valence-corrected chi connectivity index (χ0v) is 11.6. The summed E-state index contributed by atoms with van der Waals surface area (Å²) in [6.07, 6.45) is 6.24. The van der Waals surface area contributed by atoms with Crippen molar-refractivity contribution >= 4 is 11.5 Å². The number of allylic oxidation sites excluding steroid dienone is 3. The Morgan fingerprint density at radius 3 is 2.19 bits per heavy atom. The molecular formula is C19H16O2. The van der Waals surface area contributed by atoms with E-state index in [-0.39, 0.29) is 0 Å². The molecule has 0 radical (unpaired) electrons. The van der Waals surface area contributed by atoms with Crippen molar-refractivity contribution in [2.24, 2.45) is 0 Å². The second-order valence-electron chi connectivity index (χ2n) is 5.16. The lowest BCUT2D eigenvalue weighted by Crippen LogP contribution is -2.37. The van der Waals surface area contributed by atoms with Crippen LogP contribution in [0, 0.1) is 0 Å². The molecule has 21 heavy (non-hydrogen) atoms. The predicted octanol–water partition coefficient (Wildman–Crippen LogP) is 4.05. The van der Waals surface area contributed by atoms with Gasteiger partial charge >= 0.3 is 5.97 Å². The van der Waals surface area contributed by atoms with Crippen molar-refractivity contribution in [1.82, 2.24) is 0 Å². The number of aliphatic carboxylic acids is 1. The topological polar surface area (TPSA) is 37.3 Å². The van der Waals surface area contributed by atoms with Crippen LogP contribution in [-0.2, 0) is 10.2 Å². The fourth-order valence-electron chi connectivity index (χ4n) is 2.94. The zero-order chi connectivity index (χ0) is 14.7. The molecule has 0 saturated heterocycles. The summed E-state index contributed by atoms with van der Waals surface area (Å²) in [4.78, 5) is 12.2. The van der Waals surface area contributed by atoms with Crippen LogP contribution in [0.25, 0.3) is 5.57 Å². The molecule has 1 aliphatic carbocycles. The number of benzene rings is 2. The fraction of sp³-hybridized carbons (Fsp3) is 0.105. The standard InChI is InChI=1S/C19H16O2/c20-18(21)19(16-11-5-2-6-12-16)14-8-7-13-17(19)15-9-3-1-4-10-15/h1-13H,14H2,(H,20,21). The maximum Gasteiger partial charge on any atom is 0.318 e. The molecule has 0 heterocycles. The summed E-state index contributed by atoms with van der Waals surface area (Å²) in [5.41, 5.74) is 1.59. The highest BCUT2D eigenvalue weighted by molar-refractivity contribution is 5.99. The molecule has 0 amide bonds. The third kappa shape index (κ3) is 2.19. The van der Waals surface area contributed by atoms with Crippen molar-refractivity contribution in [1.29, 1.82) is 0 Å². The molecule has 0 fully saturated rings. The molecule has 0 bridgehead atoms. The molecule has 3 rings (SSSR count). The van der Waals surface area contributed by atoms with E-state index in [0.717, 1.165) is 16.7 Å². The van der Waals surface area contributed by atoms with Gasteiger partial charge in [-0.2, -0.15) is 0 Å². The molecule has 1 atom stereocenters. The second-order valence-corrected chi connectivity index (χ2v) is 5.16. The van der Waals surface area contributed by atoms with Crippen LogP contribution in [0.4, 0.5) is 0 Å². The molecule has 2 aromatic carbocycles. The van der Waals surface area contributed by atoms with Crippen molar-refractivity contribution < 1.29 is 9.90 Å². The van der Waals surface area contributed by atoms with Gasteiger partial charge in [-0.25, -0.2) is 0 Å². The van der Waals surface area contributed by atoms with E-state index < -0.39 is 11.4 Å². The number of hydrogen-bond donors (Lipinski definition) is 1. The molecule has 104 valence electrons. The van der Waals surface area contributed by atoms with Gasteiger partial charge in [0.1, 0.15) is 5.41 Å². The van der Waals surface area contributed by atoms with Crippen molar-refractivity contribution in [2.45, 2.75) is 11.8 Å². The molecule has 1 aliphatic rings. The third-order valence-electron chi connectivity index (χ3n) is 4.00. The third-order valence-corrected chi connectivity index (χ3v) is 4.00. The lowest BCUT2D eigenvalue weighted by Gasteiger charge is -2.34. The molecule has 0 spiro atoms. The summed E-state index contributed by atoms with van der Waals surface area (Å²) >= 11 is 0. The van der Waals surface area contributed by atoms with Crippen LogP contribution in [-0.4, -0.2) is 11.1 Å². The first-order valence-electron chi connectivity index (χ1n) is 6.97. The van der Waals surface area contributed by atoms with Gasteiger partial charge in [0, 0.05) is 0 Å². The molecule has 2 heteroatoms. The van der Waals surface area contributed by atoms with Gasteiger partial charge in [-0.3, -0.25) is 4.79 Å². The van der Waals surface area contributed by atoms with Crippen LogP contribution >= 0.6 is 0 Å². The lowest BCUT2D eigenvalue weighted by atomic mass is 9.67. The molecule has 2 aromatic rings. The minimum Gasteiger partial charge on any atom is -0.480 e. The van der Waals surface area contributed by atoms with Crippen LogP contribution in [0.1, 0.15) is 17.5 Å². The first-order chi connectivity index (χ1) is 10.2. The summed E-state index contributed by atoms with van der Waals surface area (Å²) < 4.78 is 0. The Hall–Kier alpha value is -2.61. The van der Waals surface area contributed by atoms with E-state index in [0.29, 0.717) is 6.42 Å². The molecule has 2 nitrogen and oxygen atoms in total. The van der Waals surface area contributed by atoms with Crippen LogP contribution in [0.2, 0.25) is 0 Å². The minimum absolute atomic E-state index is 0.465. The second kappa shape index (κ2) is 5.41. The lowest BCUT2D eigenvalue weighted by molar-refractivity contribution is -0.141. The van der Waals surface area contributed by atoms with E-state index in [1.807, 2.05) is 78.9 Å². The highest BCUT2D eigenvalue weighted by atomic mass is 16.4. The van der Waals surface area contributed by atoms with Crippen LogP contribution in [0.5, 0.6) is 0 Å². The van der Waals surface area contributed by atoms with Gasteiger partial charge in [-0.1, -0.05) is 78.9 Å². The number of carbonyl (C=O) groups is 1. The molecule has 0 saturated carbocycles. The maximum absolute atomic E-state index is 12.2. The Bertz CT molecular complexity index is 699. The molecule has 1 N–H and O–H groups in total. The average molecular weight is 276 g/mol. The van der Waals surface area contributed by atoms with Crippen LogP contribution in [0.15, 0.2) is 78.9 Å². The first-order valence-corrected chi connectivity index (χ1v) is 6.97. The summed E-state index contributed by atoms with van der Waals surface area (Å²) in [5.74, 6) is -0.812. The van der Waals surface area contributed by atoms with Gasteiger partial charge in [0.25, 0.3) is 0 Å². The van der Waals surface area contributed by atoms with Crippen LogP contribution < -0.4 is 0 Å². The summed E-state index contributed by atoms with van der Waals surface area (Å²) in [6.45, 7) is 0. The monoisotopic (exact) mass is 276 g/mol. The quantitative estimate of drug-likeness (QED) is 0.918. The number of hydrogen-bond acceptors (Lipinski definition) is 1. The predicted molar refractivity (Wildman–Crippen MR) is 83.9 cm³/mol. The van der Waals surface area contributed by atoms with Gasteiger partial charge in [-0.05, 0) is 23.1 Å². The van der Waals surface area contributed by atoms with E-state index in [1.165, 1.54) is 0 Å². The van der Waals surface area contributed by atoms with E-state index >= 15 is 0 Å². The molecule has 1 unspecified atom stereocenters. The average Bonchev–Trinajstić information content (AvgIpc) is 2.56. The highest BCUT2D eigenvalue weighted by Gasteiger charge is 2.44. The van der Waals surface area contributed by atoms with Crippen molar-refractivity contribution in [3.63, 3.8) is 0 Å². The fourth-order valence-corrected chi connectivity index (χ4v) is 2.94. The Morgan fingerprint density at radius 1 is 0.952 bits per heavy atom. The summed E-state index contributed by atoms with van der Waals surface area (Å²) in [6, 6.07) is 19.2. The van der Waals surface area contributed by atoms with Gasteiger partial charge in [0.05, 0.1) is 0 Å². The summed E-state index contributed by atoms with van der Waals surface area (Å²) in [7, 11) is 0. The van der Waals surface area contributed by atoms with Crippen LogP contribution in [0.3, 0.4) is 0 Å². The maximum atomic E-state index is 12.2. The van der Waals surface area contributed by atoms with Crippen molar-refractivity contribution in [3.8, 4) is 0 Å². The zero-order valence-electron chi connectivity index (χ0n) is 11.6. The Labute approximate surface area is 124 Å². The van der Waals surface area contributed by atoms with Crippen molar-refractivity contribution in [3.05, 3.63) is 90.0 Å². The number of rotatable bonds is 3. The van der Waals surface area contributed by atoms with Gasteiger partial charge in [0.2, 0.25) is 0 Å². The molecular weight excluding hydrogens is 260 g/mol. The number of carboxylic acid groups (broad SMARTS) is 1. The molecule has 0 aliphatic heterocycles. The van der Waals surface area contributed by atoms with E-state index in [4.69, 9.17) is 0 Å². The SMILES string of the molecule is O=C(O)C1(c2ccccc2)CC=CC=C1c1ccccc1. The van der Waals surface area contributed by atoms with Gasteiger partial charge in [-0.15, -0.1) is 0 Å². The Morgan fingerprint density at radius 2 is 1.57 bits per heavy atom. The Balaban J connectivity index is 2.22. The van der Waals surface area contributed by atoms with Gasteiger partial charge in [0.15, 0.2) is 0 Å². The smallest absolute Gasteiger partial charge is 0.318 e. The normalized spacial score (nSPS) is 20.9. The molecule has 0 aromatic heterocycles. The highest BCUT2D eigenvalue weighted by Crippen LogP contribution is 2.44.